The van der Waals surface area contributed by atoms with Crippen LogP contribution in [0.3, 0.4) is 0 Å². The number of amides is 1. The van der Waals surface area contributed by atoms with Gasteiger partial charge in [0.2, 0.25) is 5.43 Å². The van der Waals surface area contributed by atoms with Crippen molar-refractivity contribution in [2.45, 2.75) is 11.1 Å². The summed E-state index contributed by atoms with van der Waals surface area (Å²) < 4.78 is 15.1. The predicted molar refractivity (Wildman–Crippen MR) is 164 cm³/mol. The molecule has 42 heavy (non-hydrogen) atoms. The summed E-state index contributed by atoms with van der Waals surface area (Å²) >= 11 is 2.88. The van der Waals surface area contributed by atoms with Crippen LogP contribution in [0, 0.1) is 10.1 Å². The molecule has 0 spiro atoms. The molecule has 218 valence electrons. The molecule has 1 aliphatic heterocycles. The number of ether oxygens (including phenoxy) is 3. The molecule has 15 heteroatoms. The smallest absolute Gasteiger partial charge is 0.412 e. The Bertz CT molecular complexity index is 1640. The van der Waals surface area contributed by atoms with E-state index >= 15 is 0 Å². The fourth-order valence-electron chi connectivity index (χ4n) is 3.81. The highest BCUT2D eigenvalue weighted by Crippen LogP contribution is 2.44. The van der Waals surface area contributed by atoms with E-state index in [0.717, 1.165) is 42.0 Å². The van der Waals surface area contributed by atoms with Crippen molar-refractivity contribution in [2.24, 2.45) is 5.10 Å². The molecule has 0 aliphatic carbocycles. The van der Waals surface area contributed by atoms with Crippen molar-refractivity contribution in [3.05, 3.63) is 96.7 Å². The zero-order valence-electron chi connectivity index (χ0n) is 22.7. The number of benzene rings is 2. The van der Waals surface area contributed by atoms with Gasteiger partial charge in [0.1, 0.15) is 26.9 Å². The Morgan fingerprint density at radius 1 is 1.10 bits per heavy atom. The molecular weight excluding hydrogens is 605 g/mol. The van der Waals surface area contributed by atoms with E-state index in [1.54, 1.807) is 37.4 Å². The number of thioether (sulfide) groups is 2. The summed E-state index contributed by atoms with van der Waals surface area (Å²) in [5.74, 6) is -0.504. The van der Waals surface area contributed by atoms with Gasteiger partial charge < -0.3 is 14.2 Å². The quantitative estimate of drug-likeness (QED) is 0.134. The number of anilines is 2. The summed E-state index contributed by atoms with van der Waals surface area (Å²) in [6.07, 6.45) is 0.724. The summed E-state index contributed by atoms with van der Waals surface area (Å²) in [6.45, 7) is 1.64. The third-order valence-electron chi connectivity index (χ3n) is 5.68. The van der Waals surface area contributed by atoms with Crippen molar-refractivity contribution >= 4 is 68.4 Å². The van der Waals surface area contributed by atoms with E-state index in [0.29, 0.717) is 22.0 Å². The molecule has 2 aromatic carbocycles. The molecule has 12 nitrogen and oxygen atoms in total. The van der Waals surface area contributed by atoms with E-state index in [2.05, 4.69) is 10.4 Å². The second kappa shape index (κ2) is 13.5. The Morgan fingerprint density at radius 3 is 2.36 bits per heavy atom. The molecule has 3 aromatic rings. The molecule has 0 bridgehead atoms. The summed E-state index contributed by atoms with van der Waals surface area (Å²) in [5, 5.41) is 21.6. The zero-order chi connectivity index (χ0) is 30.4. The van der Waals surface area contributed by atoms with Crippen molar-refractivity contribution in [1.29, 1.82) is 0 Å². The number of carbonyl (C=O) groups excluding carboxylic acids is 2. The third kappa shape index (κ3) is 6.27. The lowest BCUT2D eigenvalue weighted by molar-refractivity contribution is -0.376. The molecule has 1 aromatic heterocycles. The van der Waals surface area contributed by atoms with Crippen molar-refractivity contribution < 1.29 is 28.7 Å². The Labute approximate surface area is 252 Å². The van der Waals surface area contributed by atoms with Gasteiger partial charge in [-0.2, -0.15) is 5.10 Å². The second-order valence-electron chi connectivity index (χ2n) is 8.13. The van der Waals surface area contributed by atoms with Gasteiger partial charge in [-0.05, 0) is 49.2 Å². The molecule has 1 amide bonds. The number of hydrazone groups is 1. The molecule has 0 fully saturated rings. The SMILES string of the molecule is CCOC(=O)Nc1sc(SC)c(/C(=C2/SC(c3ccccc3)=NN2c2ccc(OC)cc2)[N+](=O)[O-])c(=O)c1C(=O)OC. The Morgan fingerprint density at radius 2 is 1.79 bits per heavy atom. The Balaban J connectivity index is 2.01. The molecule has 0 unspecified atom stereocenters. The zero-order valence-corrected chi connectivity index (χ0v) is 25.2. The normalized spacial score (nSPS) is 13.7. The van der Waals surface area contributed by atoms with Gasteiger partial charge in [-0.25, -0.2) is 14.6 Å². The molecule has 0 radical (unpaired) electrons. The highest BCUT2D eigenvalue weighted by Gasteiger charge is 2.39. The summed E-state index contributed by atoms with van der Waals surface area (Å²) in [5.41, 5.74) is -1.27. The van der Waals surface area contributed by atoms with Crippen molar-refractivity contribution in [3.63, 3.8) is 0 Å². The first kappa shape index (κ1) is 30.6. The number of carbonyl (C=O) groups is 2. The highest BCUT2D eigenvalue weighted by molar-refractivity contribution is 8.18. The third-order valence-corrected chi connectivity index (χ3v) is 8.98. The maximum atomic E-state index is 14.0. The molecule has 2 heterocycles. The van der Waals surface area contributed by atoms with Gasteiger partial charge in [-0.15, -0.1) is 23.1 Å². The number of nitro groups is 1. The van der Waals surface area contributed by atoms with Crippen molar-refractivity contribution in [2.75, 3.05) is 37.4 Å². The van der Waals surface area contributed by atoms with E-state index in [-0.39, 0.29) is 26.4 Å². The lowest BCUT2D eigenvalue weighted by Crippen LogP contribution is -2.26. The Kier molecular flexibility index (Phi) is 9.88. The lowest BCUT2D eigenvalue weighted by Gasteiger charge is -2.17. The number of esters is 1. The van der Waals surface area contributed by atoms with E-state index in [4.69, 9.17) is 14.2 Å². The minimum Gasteiger partial charge on any atom is -0.497 e. The number of nitrogens with zero attached hydrogens (tertiary/aromatic N) is 3. The molecule has 0 atom stereocenters. The highest BCUT2D eigenvalue weighted by atomic mass is 32.2. The standard InChI is InChI=1S/C27H24N4O8S3/c1-5-39-27(34)28-23-19(25(33)38-3)21(32)18(26(40-4)42-23)20(31(35)36)24-30(16-11-13-17(37-2)14-12-16)29-22(41-24)15-9-7-6-8-10-15/h6-14H,5H2,1-4H3,(H,28,34)/b24-20-. The Hall–Kier alpha value is -4.34. The molecular formula is C27H24N4O8S3. The van der Waals surface area contributed by atoms with Crippen LogP contribution in [0.25, 0.3) is 5.70 Å². The average molecular weight is 629 g/mol. The van der Waals surface area contributed by atoms with Crippen LogP contribution in [0.4, 0.5) is 15.5 Å². The minimum atomic E-state index is -1.07. The van der Waals surface area contributed by atoms with Gasteiger partial charge in [0.15, 0.2) is 5.03 Å². The van der Waals surface area contributed by atoms with Crippen molar-refractivity contribution in [1.82, 2.24) is 0 Å². The maximum Gasteiger partial charge on any atom is 0.412 e. The molecule has 1 aliphatic rings. The minimum absolute atomic E-state index is 0.0329. The van der Waals surface area contributed by atoms with Gasteiger partial charge in [0.05, 0.1) is 35.6 Å². The van der Waals surface area contributed by atoms with Crippen LogP contribution in [-0.4, -0.2) is 49.1 Å². The van der Waals surface area contributed by atoms with Crippen LogP contribution in [0.1, 0.15) is 28.4 Å². The molecule has 1 N–H and O–H groups in total. The fourth-order valence-corrected chi connectivity index (χ4v) is 6.74. The van der Waals surface area contributed by atoms with Gasteiger partial charge in [0.25, 0.3) is 0 Å². The van der Waals surface area contributed by atoms with E-state index in [1.807, 2.05) is 30.3 Å². The van der Waals surface area contributed by atoms with Crippen LogP contribution in [-0.2, 0) is 9.47 Å². The van der Waals surface area contributed by atoms with Crippen LogP contribution in [0.2, 0.25) is 0 Å². The summed E-state index contributed by atoms with van der Waals surface area (Å²) in [6, 6.07) is 15.8. The summed E-state index contributed by atoms with van der Waals surface area (Å²) in [7, 11) is 2.58. The predicted octanol–water partition coefficient (Wildman–Crippen LogP) is 5.71. The van der Waals surface area contributed by atoms with Gasteiger partial charge in [-0.1, -0.05) is 30.3 Å². The van der Waals surface area contributed by atoms with E-state index < -0.39 is 33.7 Å². The number of methoxy groups -OCH3 is 2. The largest absolute Gasteiger partial charge is 0.497 e. The van der Waals surface area contributed by atoms with Crippen molar-refractivity contribution in [3.8, 4) is 5.75 Å². The van der Waals surface area contributed by atoms with Crippen LogP contribution in [0.15, 0.2) is 73.7 Å². The number of nitrogens with one attached hydrogen (secondary N) is 1. The number of hydrogen-bond donors (Lipinski definition) is 1. The van der Waals surface area contributed by atoms with Crippen LogP contribution >= 0.6 is 34.9 Å². The first-order valence-corrected chi connectivity index (χ1v) is 15.0. The van der Waals surface area contributed by atoms with Crippen LogP contribution in [0.5, 0.6) is 5.75 Å². The van der Waals surface area contributed by atoms with Crippen LogP contribution < -0.4 is 20.5 Å². The van der Waals surface area contributed by atoms with E-state index in [1.165, 1.54) is 12.1 Å². The first-order valence-electron chi connectivity index (χ1n) is 12.2. The topological polar surface area (TPSA) is 150 Å². The van der Waals surface area contributed by atoms with Gasteiger partial charge in [-0.3, -0.25) is 20.2 Å². The van der Waals surface area contributed by atoms with Gasteiger partial charge >= 0.3 is 17.8 Å². The number of rotatable bonds is 9. The first-order chi connectivity index (χ1) is 20.2. The van der Waals surface area contributed by atoms with Gasteiger partial charge in [0, 0.05) is 5.56 Å². The molecule has 0 saturated carbocycles. The average Bonchev–Trinajstić information content (AvgIpc) is 3.43. The maximum absolute atomic E-state index is 14.0. The second-order valence-corrected chi connectivity index (χ2v) is 11.2. The number of hydrogen-bond acceptors (Lipinski definition) is 13. The molecule has 4 rings (SSSR count). The summed E-state index contributed by atoms with van der Waals surface area (Å²) in [4.78, 5) is 51.1. The fraction of sp³-hybridized carbons (Fsp3) is 0.185. The lowest BCUT2D eigenvalue weighted by atomic mass is 10.1. The molecule has 0 saturated heterocycles. The monoisotopic (exact) mass is 628 g/mol. The van der Waals surface area contributed by atoms with E-state index in [9.17, 15) is 24.5 Å².